The summed E-state index contributed by atoms with van der Waals surface area (Å²) in [5.41, 5.74) is 4.70. The molecule has 9 rings (SSSR count). The van der Waals surface area contributed by atoms with Crippen molar-refractivity contribution in [3.63, 3.8) is 0 Å². The quantitative estimate of drug-likeness (QED) is 0.210. The summed E-state index contributed by atoms with van der Waals surface area (Å²) < 4.78 is 2.73. The second kappa shape index (κ2) is 7.86. The van der Waals surface area contributed by atoms with Crippen LogP contribution in [0.3, 0.4) is 0 Å². The van der Waals surface area contributed by atoms with E-state index in [9.17, 15) is 0 Å². The van der Waals surface area contributed by atoms with Crippen LogP contribution in [0.25, 0.3) is 85.6 Å². The van der Waals surface area contributed by atoms with E-state index in [-0.39, 0.29) is 0 Å². The van der Waals surface area contributed by atoms with Crippen LogP contribution in [0.4, 0.5) is 0 Å². The van der Waals surface area contributed by atoms with Crippen molar-refractivity contribution in [2.45, 2.75) is 0 Å². The molecule has 0 spiro atoms. The maximum absolute atomic E-state index is 4.86. The molecule has 0 radical (unpaired) electrons. The molecule has 0 unspecified atom stereocenters. The molecule has 180 valence electrons. The summed E-state index contributed by atoms with van der Waals surface area (Å²) in [5, 5.41) is 12.8. The van der Waals surface area contributed by atoms with Gasteiger partial charge in [0.2, 0.25) is 0 Å². The number of aromatic nitrogens is 1. The Morgan fingerprint density at radius 2 is 1.18 bits per heavy atom. The molecule has 0 amide bonds. The van der Waals surface area contributed by atoms with Gasteiger partial charge in [-0.3, -0.25) is 4.98 Å². The number of hydrogen-bond acceptors (Lipinski definition) is 2. The van der Waals surface area contributed by atoms with E-state index in [1.807, 2.05) is 17.5 Å². The topological polar surface area (TPSA) is 12.9 Å². The third-order valence-electron chi connectivity index (χ3n) is 8.23. The van der Waals surface area contributed by atoms with Gasteiger partial charge < -0.3 is 0 Å². The van der Waals surface area contributed by atoms with E-state index in [0.717, 1.165) is 11.3 Å². The van der Waals surface area contributed by atoms with E-state index in [1.54, 1.807) is 0 Å². The lowest BCUT2D eigenvalue weighted by atomic mass is 9.95. The van der Waals surface area contributed by atoms with Gasteiger partial charge in [0, 0.05) is 37.3 Å². The van der Waals surface area contributed by atoms with Crippen LogP contribution in [0.2, 0.25) is 0 Å². The first-order valence-electron chi connectivity index (χ1n) is 13.3. The Morgan fingerprint density at radius 3 is 2.13 bits per heavy atom. The minimum atomic E-state index is 1.00. The minimum absolute atomic E-state index is 1.00. The zero-order chi connectivity index (χ0) is 25.5. The number of fused-ring (bicyclic) bond motifs is 4. The van der Waals surface area contributed by atoms with Crippen LogP contribution >= 0.6 is 11.3 Å². The van der Waals surface area contributed by atoms with Crippen LogP contribution in [0, 0.1) is 0 Å². The number of nitrogens with zero attached hydrogens (tertiary/aromatic N) is 1. The summed E-state index contributed by atoms with van der Waals surface area (Å²) in [6.07, 6.45) is 2.00. The molecule has 1 nitrogen and oxygen atoms in total. The molecule has 0 aliphatic heterocycles. The molecule has 9 aromatic rings. The summed E-state index contributed by atoms with van der Waals surface area (Å²) in [6, 6.07) is 44.5. The van der Waals surface area contributed by atoms with Crippen LogP contribution in [0.1, 0.15) is 0 Å². The highest BCUT2D eigenvalue weighted by atomic mass is 32.1. The van der Waals surface area contributed by atoms with Gasteiger partial charge in [-0.1, -0.05) is 97.1 Å². The normalized spacial score (nSPS) is 12.1. The summed E-state index contributed by atoms with van der Waals surface area (Å²) in [4.78, 5) is 4.86. The van der Waals surface area contributed by atoms with E-state index in [0.29, 0.717) is 0 Å². The van der Waals surface area contributed by atoms with E-state index in [2.05, 4.69) is 121 Å². The van der Waals surface area contributed by atoms with Gasteiger partial charge in [0.05, 0.1) is 5.69 Å². The van der Waals surface area contributed by atoms with Crippen molar-refractivity contribution in [3.8, 4) is 22.4 Å². The van der Waals surface area contributed by atoms with Gasteiger partial charge in [0.25, 0.3) is 0 Å². The summed E-state index contributed by atoms with van der Waals surface area (Å²) >= 11 is 1.91. The Kier molecular flexibility index (Phi) is 4.27. The van der Waals surface area contributed by atoms with Crippen LogP contribution in [-0.4, -0.2) is 4.98 Å². The predicted molar refractivity (Wildman–Crippen MR) is 169 cm³/mol. The standard InChI is InChI=1S/C37H21NS/c1-2-6-30-23(4-1)10-15-28-21-38-33(20-32(28)30)27-14-9-22-8-13-26(18-29(22)19-27)31-17-16-25-12-11-24-5-3-7-34-35(24)36(25)37(31)39-34/h1-21H. The Labute approximate surface area is 228 Å². The number of thiophene rings is 1. The Morgan fingerprint density at radius 1 is 0.462 bits per heavy atom. The van der Waals surface area contributed by atoms with E-state index in [4.69, 9.17) is 4.98 Å². The van der Waals surface area contributed by atoms with Gasteiger partial charge >= 0.3 is 0 Å². The molecule has 39 heavy (non-hydrogen) atoms. The van der Waals surface area contributed by atoms with Crippen LogP contribution in [-0.2, 0) is 0 Å². The third-order valence-corrected chi connectivity index (χ3v) is 9.42. The fourth-order valence-electron chi connectivity index (χ4n) is 6.29. The zero-order valence-electron chi connectivity index (χ0n) is 21.0. The molecule has 0 saturated heterocycles. The van der Waals surface area contributed by atoms with Crippen LogP contribution < -0.4 is 0 Å². The average molecular weight is 512 g/mol. The van der Waals surface area contributed by atoms with Gasteiger partial charge in [0.15, 0.2) is 0 Å². The van der Waals surface area contributed by atoms with Crippen molar-refractivity contribution in [1.29, 1.82) is 0 Å². The third kappa shape index (κ3) is 3.10. The molecule has 0 fully saturated rings. The van der Waals surface area contributed by atoms with E-state index in [1.165, 1.54) is 74.4 Å². The molecule has 2 heterocycles. The Balaban J connectivity index is 1.22. The number of hydrogen-bond donors (Lipinski definition) is 0. The van der Waals surface area contributed by atoms with Crippen molar-refractivity contribution < 1.29 is 0 Å². The largest absolute Gasteiger partial charge is 0.256 e. The highest BCUT2D eigenvalue weighted by Crippen LogP contribution is 2.45. The van der Waals surface area contributed by atoms with Gasteiger partial charge in [-0.15, -0.1) is 11.3 Å². The first-order valence-corrected chi connectivity index (χ1v) is 14.1. The molecule has 0 saturated carbocycles. The molecule has 0 N–H and O–H groups in total. The average Bonchev–Trinajstić information content (AvgIpc) is 3.40. The van der Waals surface area contributed by atoms with Crippen LogP contribution in [0.15, 0.2) is 128 Å². The van der Waals surface area contributed by atoms with Crippen molar-refractivity contribution in [2.24, 2.45) is 0 Å². The second-order valence-corrected chi connectivity index (χ2v) is 11.5. The summed E-state index contributed by atoms with van der Waals surface area (Å²) in [5.74, 6) is 0. The lowest BCUT2D eigenvalue weighted by Gasteiger charge is -2.10. The van der Waals surface area contributed by atoms with Crippen molar-refractivity contribution in [2.75, 3.05) is 0 Å². The maximum Gasteiger partial charge on any atom is 0.0708 e. The van der Waals surface area contributed by atoms with Gasteiger partial charge in [-0.25, -0.2) is 0 Å². The Hall–Kier alpha value is -4.79. The van der Waals surface area contributed by atoms with Gasteiger partial charge in [-0.05, 0) is 73.1 Å². The lowest BCUT2D eigenvalue weighted by molar-refractivity contribution is 1.36. The van der Waals surface area contributed by atoms with Gasteiger partial charge in [0.1, 0.15) is 0 Å². The highest BCUT2D eigenvalue weighted by Gasteiger charge is 2.15. The minimum Gasteiger partial charge on any atom is -0.256 e. The number of benzene rings is 7. The lowest BCUT2D eigenvalue weighted by Crippen LogP contribution is -1.87. The molecule has 0 aliphatic rings. The molecule has 0 aliphatic carbocycles. The fourth-order valence-corrected chi connectivity index (χ4v) is 7.59. The first kappa shape index (κ1) is 21.2. The molecule has 2 heteroatoms. The zero-order valence-corrected chi connectivity index (χ0v) is 21.8. The highest BCUT2D eigenvalue weighted by molar-refractivity contribution is 7.26. The van der Waals surface area contributed by atoms with Crippen molar-refractivity contribution in [3.05, 3.63) is 128 Å². The maximum atomic E-state index is 4.86. The SMILES string of the molecule is c1ccc2c(c1)ccc1cnc(-c3ccc4ccc(-c5ccc6ccc7cccc8sc5c6c78)cc4c3)cc12. The fraction of sp³-hybridized carbons (Fsp3) is 0. The molecule has 2 aromatic heterocycles. The molecule has 0 bridgehead atoms. The summed E-state index contributed by atoms with van der Waals surface area (Å²) in [7, 11) is 0. The summed E-state index contributed by atoms with van der Waals surface area (Å²) in [6.45, 7) is 0. The number of pyridine rings is 1. The molecular formula is C37H21NS. The van der Waals surface area contributed by atoms with Gasteiger partial charge in [-0.2, -0.15) is 0 Å². The molecule has 0 atom stereocenters. The van der Waals surface area contributed by atoms with Crippen molar-refractivity contribution in [1.82, 2.24) is 4.98 Å². The Bertz CT molecular complexity index is 2390. The predicted octanol–water partition coefficient (Wildman–Crippen LogP) is 10.8. The van der Waals surface area contributed by atoms with Crippen molar-refractivity contribution >= 4 is 74.6 Å². The second-order valence-electron chi connectivity index (χ2n) is 10.4. The van der Waals surface area contributed by atoms with Crippen LogP contribution in [0.5, 0.6) is 0 Å². The first-order chi connectivity index (χ1) is 19.3. The van der Waals surface area contributed by atoms with E-state index < -0.39 is 0 Å². The molecular weight excluding hydrogens is 490 g/mol. The monoisotopic (exact) mass is 511 g/mol. The van der Waals surface area contributed by atoms with E-state index >= 15 is 0 Å². The molecule has 7 aromatic carbocycles. The number of rotatable bonds is 2. The smallest absolute Gasteiger partial charge is 0.0708 e.